The number of para-hydroxylation sites is 1. The van der Waals surface area contributed by atoms with E-state index < -0.39 is 52.6 Å². The van der Waals surface area contributed by atoms with Crippen molar-refractivity contribution >= 4 is 18.2 Å². The van der Waals surface area contributed by atoms with Gasteiger partial charge < -0.3 is 4.43 Å². The Kier molecular flexibility index (Phi) is 8.58. The molecule has 12 heteroatoms. The Hall–Kier alpha value is -3.35. The highest BCUT2D eigenvalue weighted by molar-refractivity contribution is 7.91. The fourth-order valence-electron chi connectivity index (χ4n) is 4.02. The molecule has 41 heavy (non-hydrogen) atoms. The van der Waals surface area contributed by atoms with Crippen LogP contribution in [-0.2, 0) is 20.0 Å². The van der Waals surface area contributed by atoms with Crippen LogP contribution >= 0.6 is 0 Å². The third-order valence-corrected chi connectivity index (χ3v) is 14.0. The van der Waals surface area contributed by atoms with Gasteiger partial charge in [-0.25, -0.2) is 27.2 Å². The topological polar surface area (TPSA) is 99.9 Å². The largest absolute Gasteiger partial charge is 0.405 e. The maximum absolute atomic E-state index is 15.1. The molecule has 0 amide bonds. The molecule has 0 fully saturated rings. The lowest BCUT2D eigenvalue weighted by atomic mass is 10.2. The summed E-state index contributed by atoms with van der Waals surface area (Å²) in [5, 5.41) is 6.94. The molecular weight excluding hydrogens is 565 g/mol. The quantitative estimate of drug-likeness (QED) is 0.206. The summed E-state index contributed by atoms with van der Waals surface area (Å²) in [7, 11) is -6.56. The van der Waals surface area contributed by atoms with E-state index in [-0.39, 0.29) is 22.5 Å². The van der Waals surface area contributed by atoms with Crippen LogP contribution < -0.4 is 0 Å². The molecule has 0 unspecified atom stereocenters. The molecule has 0 radical (unpaired) electrons. The molecule has 0 N–H and O–H groups in total. The van der Waals surface area contributed by atoms with Crippen molar-refractivity contribution in [3.05, 3.63) is 89.8 Å². The molecule has 0 aliphatic heterocycles. The number of halogens is 2. The van der Waals surface area contributed by atoms with E-state index in [0.29, 0.717) is 5.56 Å². The zero-order valence-electron chi connectivity index (χ0n) is 24.3. The number of sulfone groups is 1. The van der Waals surface area contributed by atoms with Crippen molar-refractivity contribution in [2.75, 3.05) is 0 Å². The Morgan fingerprint density at radius 3 is 2.10 bits per heavy atom. The summed E-state index contributed by atoms with van der Waals surface area (Å²) < 4.78 is 65.9. The fraction of sp³-hybridized carbons (Fsp3) is 0.379. The summed E-state index contributed by atoms with van der Waals surface area (Å²) in [5.74, 6) is -2.16. The van der Waals surface area contributed by atoms with E-state index in [1.165, 1.54) is 6.07 Å². The van der Waals surface area contributed by atoms with E-state index in [0.717, 1.165) is 22.3 Å². The Bertz CT molecular complexity index is 1600. The lowest BCUT2D eigenvalue weighted by Gasteiger charge is -2.40. The third kappa shape index (κ3) is 6.44. The molecule has 0 spiro atoms. The van der Waals surface area contributed by atoms with Crippen molar-refractivity contribution in [3.8, 4) is 17.1 Å². The average molecular weight is 600 g/mol. The standard InChI is InChI=1S/C29H35F2N5O3SSi/c1-19-16-32-27(33-17-19)26(39-41(6,7)29(3,4)5)20(2)40(37,38)18-24-34-35-28(21-12-9-8-10-13-21)36(24)25-22(30)14-11-15-23(25)31/h8-17,20,26H,18H2,1-7H3/t20-,26-/m0/s1. The third-order valence-electron chi connectivity index (χ3n) is 7.53. The lowest BCUT2D eigenvalue weighted by molar-refractivity contribution is 0.172. The van der Waals surface area contributed by atoms with Crippen LogP contribution in [0.3, 0.4) is 0 Å². The predicted molar refractivity (Wildman–Crippen MR) is 157 cm³/mol. The first-order valence-electron chi connectivity index (χ1n) is 13.2. The minimum absolute atomic E-state index is 0.114. The highest BCUT2D eigenvalue weighted by Gasteiger charge is 2.44. The second-order valence-corrected chi connectivity index (χ2v) is 18.8. The molecule has 2 atom stereocenters. The monoisotopic (exact) mass is 599 g/mol. The molecule has 2 aromatic heterocycles. The fourth-order valence-corrected chi connectivity index (χ4v) is 6.78. The highest BCUT2D eigenvalue weighted by Crippen LogP contribution is 2.41. The zero-order chi connectivity index (χ0) is 30.2. The molecule has 8 nitrogen and oxygen atoms in total. The first-order valence-corrected chi connectivity index (χ1v) is 17.9. The van der Waals surface area contributed by atoms with Gasteiger partial charge in [-0.05, 0) is 49.7 Å². The lowest BCUT2D eigenvalue weighted by Crippen LogP contribution is -2.45. The van der Waals surface area contributed by atoms with Crippen LogP contribution in [0, 0.1) is 18.6 Å². The second-order valence-electron chi connectivity index (χ2n) is 11.6. The molecular formula is C29H35F2N5O3SSi. The molecule has 0 bridgehead atoms. The minimum atomic E-state index is -4.06. The molecule has 2 heterocycles. The van der Waals surface area contributed by atoms with E-state index in [1.54, 1.807) is 49.6 Å². The average Bonchev–Trinajstić information content (AvgIpc) is 3.29. The van der Waals surface area contributed by atoms with Crippen molar-refractivity contribution in [1.82, 2.24) is 24.7 Å². The molecule has 0 aliphatic rings. The van der Waals surface area contributed by atoms with Gasteiger partial charge in [-0.15, -0.1) is 10.2 Å². The van der Waals surface area contributed by atoms with E-state index >= 15 is 8.78 Å². The van der Waals surface area contributed by atoms with Crippen LogP contribution in [0.4, 0.5) is 8.78 Å². The number of hydrogen-bond donors (Lipinski definition) is 0. The van der Waals surface area contributed by atoms with Gasteiger partial charge in [-0.3, -0.25) is 4.57 Å². The normalized spacial score (nSPS) is 14.2. The molecule has 0 saturated carbocycles. The van der Waals surface area contributed by atoms with Crippen molar-refractivity contribution in [1.29, 1.82) is 0 Å². The minimum Gasteiger partial charge on any atom is -0.405 e. The SMILES string of the molecule is Cc1cnc([C@@H](O[Si](C)(C)C(C)(C)C)[C@H](C)S(=O)(=O)Cc2nnc(-c3ccccc3)n2-c2c(F)cccc2F)nc1. The maximum atomic E-state index is 15.1. The Morgan fingerprint density at radius 2 is 1.54 bits per heavy atom. The van der Waals surface area contributed by atoms with Gasteiger partial charge in [-0.1, -0.05) is 57.2 Å². The number of aromatic nitrogens is 5. The highest BCUT2D eigenvalue weighted by atomic mass is 32.2. The van der Waals surface area contributed by atoms with Crippen LogP contribution in [0.5, 0.6) is 0 Å². The first kappa shape index (κ1) is 30.6. The smallest absolute Gasteiger partial charge is 0.193 e. The van der Waals surface area contributed by atoms with Crippen LogP contribution in [0.2, 0.25) is 18.1 Å². The van der Waals surface area contributed by atoms with Crippen LogP contribution in [0.25, 0.3) is 17.1 Å². The summed E-state index contributed by atoms with van der Waals surface area (Å²) in [6, 6.07) is 12.1. The summed E-state index contributed by atoms with van der Waals surface area (Å²) >= 11 is 0. The maximum Gasteiger partial charge on any atom is 0.193 e. The molecule has 218 valence electrons. The number of rotatable bonds is 9. The summed E-state index contributed by atoms with van der Waals surface area (Å²) in [5.41, 5.74) is 0.889. The number of benzene rings is 2. The van der Waals surface area contributed by atoms with Gasteiger partial charge in [0.25, 0.3) is 0 Å². The van der Waals surface area contributed by atoms with E-state index in [1.807, 2.05) is 20.0 Å². The van der Waals surface area contributed by atoms with Crippen molar-refractivity contribution < 1.29 is 21.6 Å². The van der Waals surface area contributed by atoms with Gasteiger partial charge in [0.05, 0.1) is 5.25 Å². The van der Waals surface area contributed by atoms with Gasteiger partial charge >= 0.3 is 0 Å². The van der Waals surface area contributed by atoms with Crippen LogP contribution in [0.15, 0.2) is 60.9 Å². The first-order chi connectivity index (χ1) is 19.1. The number of aryl methyl sites for hydroxylation is 1. The van der Waals surface area contributed by atoms with Gasteiger partial charge in [0.2, 0.25) is 0 Å². The molecule has 0 saturated heterocycles. The molecule has 0 aliphatic carbocycles. The van der Waals surface area contributed by atoms with Crippen LogP contribution in [-0.4, -0.2) is 46.7 Å². The second kappa shape index (κ2) is 11.5. The van der Waals surface area contributed by atoms with Gasteiger partial charge in [0, 0.05) is 18.0 Å². The summed E-state index contributed by atoms with van der Waals surface area (Å²) in [6.07, 6.45) is 2.26. The number of hydrogen-bond acceptors (Lipinski definition) is 7. The van der Waals surface area contributed by atoms with Crippen LogP contribution in [0.1, 0.15) is 51.0 Å². The summed E-state index contributed by atoms with van der Waals surface area (Å²) in [4.78, 5) is 8.82. The van der Waals surface area contributed by atoms with Gasteiger partial charge in [0.15, 0.2) is 35.6 Å². The Labute approximate surface area is 240 Å². The Balaban J connectivity index is 1.81. The van der Waals surface area contributed by atoms with Gasteiger partial charge in [-0.2, -0.15) is 0 Å². The van der Waals surface area contributed by atoms with E-state index in [9.17, 15) is 8.42 Å². The zero-order valence-corrected chi connectivity index (χ0v) is 26.1. The van der Waals surface area contributed by atoms with E-state index in [2.05, 4.69) is 40.9 Å². The summed E-state index contributed by atoms with van der Waals surface area (Å²) in [6.45, 7) is 13.6. The van der Waals surface area contributed by atoms with Crippen molar-refractivity contribution in [2.24, 2.45) is 0 Å². The number of nitrogens with zero attached hydrogens (tertiary/aromatic N) is 5. The van der Waals surface area contributed by atoms with Crippen molar-refractivity contribution in [2.45, 2.75) is 69.9 Å². The van der Waals surface area contributed by atoms with Gasteiger partial charge in [0.1, 0.15) is 29.2 Å². The van der Waals surface area contributed by atoms with E-state index in [4.69, 9.17) is 4.43 Å². The molecule has 4 aromatic rings. The predicted octanol–water partition coefficient (Wildman–Crippen LogP) is 6.38. The molecule has 4 rings (SSSR count). The Morgan fingerprint density at radius 1 is 0.951 bits per heavy atom. The molecule has 2 aromatic carbocycles. The van der Waals surface area contributed by atoms with Crippen molar-refractivity contribution in [3.63, 3.8) is 0 Å².